The Kier molecular flexibility index (Phi) is 3.85. The van der Waals surface area contributed by atoms with Crippen molar-refractivity contribution in [2.75, 3.05) is 0 Å². The number of hydrogen-bond acceptors (Lipinski definition) is 3. The zero-order valence-electron chi connectivity index (χ0n) is 11.0. The van der Waals surface area contributed by atoms with E-state index in [0.29, 0.717) is 13.2 Å². The lowest BCUT2D eigenvalue weighted by molar-refractivity contribution is 0.0689. The molecule has 0 aliphatic rings. The van der Waals surface area contributed by atoms with E-state index in [1.807, 2.05) is 38.1 Å². The molecular weight excluding hydrogens is 244 g/mol. The number of nitrogens with zero attached hydrogens (tertiary/aromatic N) is 2. The minimum absolute atomic E-state index is 0.0460. The lowest BCUT2D eigenvalue weighted by Crippen LogP contribution is -2.06. The number of ether oxygens (including phenoxy) is 1. The van der Waals surface area contributed by atoms with Gasteiger partial charge < -0.3 is 9.84 Å². The second-order valence-corrected chi connectivity index (χ2v) is 4.25. The van der Waals surface area contributed by atoms with Crippen molar-refractivity contribution < 1.29 is 14.6 Å². The third kappa shape index (κ3) is 3.13. The van der Waals surface area contributed by atoms with Gasteiger partial charge in [0.1, 0.15) is 12.4 Å². The first-order valence-electron chi connectivity index (χ1n) is 6.09. The summed E-state index contributed by atoms with van der Waals surface area (Å²) in [5.41, 5.74) is 1.92. The zero-order chi connectivity index (χ0) is 13.8. The van der Waals surface area contributed by atoms with Crippen molar-refractivity contribution in [2.45, 2.75) is 27.0 Å². The van der Waals surface area contributed by atoms with Crippen LogP contribution in [0.5, 0.6) is 5.75 Å². The highest BCUT2D eigenvalue weighted by atomic mass is 16.5. The van der Waals surface area contributed by atoms with Crippen molar-refractivity contribution in [1.82, 2.24) is 9.78 Å². The monoisotopic (exact) mass is 260 g/mol. The highest BCUT2D eigenvalue weighted by Crippen LogP contribution is 2.15. The molecule has 0 amide bonds. The van der Waals surface area contributed by atoms with E-state index < -0.39 is 5.97 Å². The van der Waals surface area contributed by atoms with Gasteiger partial charge >= 0.3 is 5.97 Å². The number of carboxylic acids is 1. The van der Waals surface area contributed by atoms with Gasteiger partial charge in [0.25, 0.3) is 0 Å². The first-order valence-corrected chi connectivity index (χ1v) is 6.09. The maximum Gasteiger partial charge on any atom is 0.356 e. The molecule has 2 aromatic rings. The highest BCUT2D eigenvalue weighted by molar-refractivity contribution is 5.85. The van der Waals surface area contributed by atoms with Crippen LogP contribution in [0.2, 0.25) is 0 Å². The predicted octanol–water partition coefficient (Wildman–Crippen LogP) is 2.49. The first-order chi connectivity index (χ1) is 9.10. The molecule has 0 bridgehead atoms. The number of aromatic nitrogens is 2. The van der Waals surface area contributed by atoms with Crippen molar-refractivity contribution in [3.05, 3.63) is 47.3 Å². The molecule has 1 aromatic heterocycles. The van der Waals surface area contributed by atoms with Crippen molar-refractivity contribution in [1.29, 1.82) is 0 Å². The summed E-state index contributed by atoms with van der Waals surface area (Å²) in [7, 11) is 0. The van der Waals surface area contributed by atoms with Gasteiger partial charge in [-0.1, -0.05) is 12.1 Å². The van der Waals surface area contributed by atoms with Crippen LogP contribution in [0.1, 0.15) is 28.7 Å². The van der Waals surface area contributed by atoms with Gasteiger partial charge in [0, 0.05) is 6.54 Å². The molecule has 0 saturated carbocycles. The van der Waals surface area contributed by atoms with E-state index in [9.17, 15) is 4.79 Å². The molecule has 0 saturated heterocycles. The van der Waals surface area contributed by atoms with Crippen molar-refractivity contribution in [3.63, 3.8) is 0 Å². The molecule has 1 heterocycles. The molecule has 5 heteroatoms. The van der Waals surface area contributed by atoms with Crippen molar-refractivity contribution in [2.24, 2.45) is 0 Å². The number of carboxylic acid groups (broad SMARTS) is 1. The molecule has 0 aliphatic carbocycles. The molecular formula is C14H16N2O3. The lowest BCUT2D eigenvalue weighted by Gasteiger charge is -2.08. The number of carbonyl (C=O) groups is 1. The van der Waals surface area contributed by atoms with Gasteiger partial charge in [0.2, 0.25) is 0 Å². The third-order valence-corrected chi connectivity index (χ3v) is 2.76. The average Bonchev–Trinajstić information content (AvgIpc) is 2.80. The average molecular weight is 260 g/mol. The van der Waals surface area contributed by atoms with E-state index in [2.05, 4.69) is 5.10 Å². The zero-order valence-corrected chi connectivity index (χ0v) is 11.0. The Hall–Kier alpha value is -2.30. The van der Waals surface area contributed by atoms with Crippen molar-refractivity contribution in [3.8, 4) is 5.75 Å². The van der Waals surface area contributed by atoms with Crippen LogP contribution in [0.3, 0.4) is 0 Å². The summed E-state index contributed by atoms with van der Waals surface area (Å²) >= 11 is 0. The second kappa shape index (κ2) is 5.56. The molecule has 1 aromatic carbocycles. The molecule has 0 atom stereocenters. The Morgan fingerprint density at radius 2 is 2.21 bits per heavy atom. The van der Waals surface area contributed by atoms with Crippen LogP contribution in [0.25, 0.3) is 0 Å². The molecule has 100 valence electrons. The van der Waals surface area contributed by atoms with Gasteiger partial charge in [-0.3, -0.25) is 4.68 Å². The number of aromatic carboxylic acids is 1. The molecule has 2 rings (SSSR count). The fourth-order valence-corrected chi connectivity index (χ4v) is 1.81. The maximum absolute atomic E-state index is 10.9. The van der Waals surface area contributed by atoms with Gasteiger partial charge in [-0.05, 0) is 37.6 Å². The third-order valence-electron chi connectivity index (χ3n) is 2.76. The molecule has 0 aliphatic heterocycles. The Morgan fingerprint density at radius 1 is 1.42 bits per heavy atom. The largest absolute Gasteiger partial charge is 0.487 e. The van der Waals surface area contributed by atoms with E-state index in [4.69, 9.17) is 9.84 Å². The molecule has 0 unspecified atom stereocenters. The fraction of sp³-hybridized carbons (Fsp3) is 0.286. The van der Waals surface area contributed by atoms with Crippen LogP contribution in [0, 0.1) is 6.92 Å². The molecule has 1 N–H and O–H groups in total. The fourth-order valence-electron chi connectivity index (χ4n) is 1.81. The summed E-state index contributed by atoms with van der Waals surface area (Å²) in [6, 6.07) is 9.26. The van der Waals surface area contributed by atoms with Gasteiger partial charge in [-0.15, -0.1) is 0 Å². The molecule has 19 heavy (non-hydrogen) atoms. The minimum atomic E-state index is -1.02. The number of hydrogen-bond donors (Lipinski definition) is 1. The van der Waals surface area contributed by atoms with Crippen LogP contribution in [-0.4, -0.2) is 20.9 Å². The number of rotatable bonds is 5. The summed E-state index contributed by atoms with van der Waals surface area (Å²) in [5, 5.41) is 12.9. The van der Waals surface area contributed by atoms with E-state index in [0.717, 1.165) is 17.0 Å². The lowest BCUT2D eigenvalue weighted by atomic mass is 10.2. The van der Waals surface area contributed by atoms with Gasteiger partial charge in [-0.2, -0.15) is 5.10 Å². The van der Waals surface area contributed by atoms with Gasteiger partial charge in [-0.25, -0.2) is 4.79 Å². The smallest absolute Gasteiger partial charge is 0.356 e. The second-order valence-electron chi connectivity index (χ2n) is 4.25. The van der Waals surface area contributed by atoms with E-state index >= 15 is 0 Å². The Morgan fingerprint density at radius 3 is 2.84 bits per heavy atom. The van der Waals surface area contributed by atoms with Crippen LogP contribution in [0.15, 0.2) is 30.3 Å². The Labute approximate surface area is 111 Å². The maximum atomic E-state index is 10.9. The normalized spacial score (nSPS) is 10.4. The Balaban J connectivity index is 2.12. The van der Waals surface area contributed by atoms with E-state index in [1.54, 1.807) is 10.7 Å². The molecule has 5 nitrogen and oxygen atoms in total. The van der Waals surface area contributed by atoms with Crippen LogP contribution < -0.4 is 4.74 Å². The molecule has 0 fully saturated rings. The summed E-state index contributed by atoms with van der Waals surface area (Å²) in [6.45, 7) is 4.82. The summed E-state index contributed by atoms with van der Waals surface area (Å²) in [6.07, 6.45) is 0. The summed E-state index contributed by atoms with van der Waals surface area (Å²) < 4.78 is 7.29. The van der Waals surface area contributed by atoms with Crippen LogP contribution in [0.4, 0.5) is 0 Å². The van der Waals surface area contributed by atoms with E-state index in [-0.39, 0.29) is 5.69 Å². The molecule has 0 spiro atoms. The first kappa shape index (κ1) is 13.1. The van der Waals surface area contributed by atoms with Crippen LogP contribution >= 0.6 is 0 Å². The quantitative estimate of drug-likeness (QED) is 0.897. The van der Waals surface area contributed by atoms with E-state index in [1.165, 1.54) is 0 Å². The predicted molar refractivity (Wildman–Crippen MR) is 70.4 cm³/mol. The van der Waals surface area contributed by atoms with Gasteiger partial charge in [0.05, 0.1) is 5.69 Å². The standard InChI is InChI=1S/C14H16N2O3/c1-3-16-11(8-13(15-16)14(17)18)9-19-12-6-4-5-10(2)7-12/h4-8H,3,9H2,1-2H3,(H,17,18). The SMILES string of the molecule is CCn1nc(C(=O)O)cc1COc1cccc(C)c1. The number of aryl methyl sites for hydroxylation is 2. The summed E-state index contributed by atoms with van der Waals surface area (Å²) in [4.78, 5) is 10.9. The highest BCUT2D eigenvalue weighted by Gasteiger charge is 2.12. The number of benzene rings is 1. The molecule has 0 radical (unpaired) electrons. The van der Waals surface area contributed by atoms with Gasteiger partial charge in [0.15, 0.2) is 5.69 Å². The topological polar surface area (TPSA) is 64.4 Å². The minimum Gasteiger partial charge on any atom is -0.487 e. The Bertz CT molecular complexity index is 590. The summed E-state index contributed by atoms with van der Waals surface area (Å²) in [5.74, 6) is -0.260. The van der Waals surface area contributed by atoms with Crippen molar-refractivity contribution >= 4 is 5.97 Å². The van der Waals surface area contributed by atoms with Crippen LogP contribution in [-0.2, 0) is 13.2 Å².